The van der Waals surface area contributed by atoms with E-state index >= 15 is 0 Å². The number of amides is 1. The van der Waals surface area contributed by atoms with Crippen LogP contribution in [0.4, 0.5) is 5.69 Å². The molecule has 6 heteroatoms. The van der Waals surface area contributed by atoms with Gasteiger partial charge < -0.3 is 10.4 Å². The highest BCUT2D eigenvalue weighted by atomic mass is 35.5. The predicted octanol–water partition coefficient (Wildman–Crippen LogP) is 4.16. The molecule has 0 aliphatic heterocycles. The van der Waals surface area contributed by atoms with Crippen LogP contribution in [0.25, 0.3) is 0 Å². The van der Waals surface area contributed by atoms with Crippen LogP contribution in [-0.2, 0) is 4.79 Å². The van der Waals surface area contributed by atoms with Gasteiger partial charge in [0, 0.05) is 4.90 Å². The van der Waals surface area contributed by atoms with Gasteiger partial charge in [0.15, 0.2) is 0 Å². The molecule has 0 spiro atoms. The third-order valence-electron chi connectivity index (χ3n) is 2.90. The van der Waals surface area contributed by atoms with Crippen molar-refractivity contribution in [2.75, 3.05) is 5.32 Å². The molecule has 2 rings (SSSR count). The molecule has 0 heterocycles. The molecule has 1 unspecified atom stereocenters. The molecule has 0 bridgehead atoms. The average molecular weight is 336 g/mol. The van der Waals surface area contributed by atoms with E-state index in [1.165, 1.54) is 30.0 Å². The molecule has 0 saturated heterocycles. The van der Waals surface area contributed by atoms with Crippen molar-refractivity contribution < 1.29 is 14.7 Å². The van der Waals surface area contributed by atoms with E-state index < -0.39 is 5.97 Å². The Bertz CT molecular complexity index is 691. The van der Waals surface area contributed by atoms with Crippen LogP contribution in [0.2, 0.25) is 5.02 Å². The van der Waals surface area contributed by atoms with Gasteiger partial charge in [-0.05, 0) is 37.3 Å². The van der Waals surface area contributed by atoms with E-state index in [0.717, 1.165) is 4.90 Å². The van der Waals surface area contributed by atoms with Gasteiger partial charge in [-0.3, -0.25) is 4.79 Å². The Kier molecular flexibility index (Phi) is 5.46. The van der Waals surface area contributed by atoms with E-state index in [4.69, 9.17) is 16.7 Å². The highest BCUT2D eigenvalue weighted by molar-refractivity contribution is 8.00. The van der Waals surface area contributed by atoms with Crippen molar-refractivity contribution >= 4 is 40.9 Å². The summed E-state index contributed by atoms with van der Waals surface area (Å²) in [7, 11) is 0. The molecule has 114 valence electrons. The highest BCUT2D eigenvalue weighted by Gasteiger charge is 2.16. The second-order valence-electron chi connectivity index (χ2n) is 4.56. The Morgan fingerprint density at radius 2 is 1.86 bits per heavy atom. The summed E-state index contributed by atoms with van der Waals surface area (Å²) in [6.45, 7) is 1.78. The number of thioether (sulfide) groups is 1. The van der Waals surface area contributed by atoms with Crippen LogP contribution in [-0.4, -0.2) is 22.2 Å². The second-order valence-corrected chi connectivity index (χ2v) is 6.38. The quantitative estimate of drug-likeness (QED) is 0.805. The Balaban J connectivity index is 2.08. The van der Waals surface area contributed by atoms with Gasteiger partial charge in [-0.2, -0.15) is 0 Å². The minimum atomic E-state index is -1.07. The number of carbonyl (C=O) groups is 2. The third-order valence-corrected chi connectivity index (χ3v) is 4.34. The minimum absolute atomic E-state index is 0.0723. The number of hydrogen-bond acceptors (Lipinski definition) is 3. The molecule has 0 saturated carbocycles. The zero-order valence-corrected chi connectivity index (χ0v) is 13.3. The number of rotatable bonds is 5. The molecule has 0 aliphatic rings. The van der Waals surface area contributed by atoms with Crippen molar-refractivity contribution in [1.29, 1.82) is 0 Å². The number of hydrogen-bond donors (Lipinski definition) is 2. The topological polar surface area (TPSA) is 66.4 Å². The van der Waals surface area contributed by atoms with E-state index in [1.54, 1.807) is 6.92 Å². The van der Waals surface area contributed by atoms with Crippen LogP contribution in [0.15, 0.2) is 53.4 Å². The molecule has 0 aliphatic carbocycles. The Labute approximate surface area is 137 Å². The monoisotopic (exact) mass is 335 g/mol. The summed E-state index contributed by atoms with van der Waals surface area (Å²) >= 11 is 7.41. The van der Waals surface area contributed by atoms with Gasteiger partial charge in [0.1, 0.15) is 0 Å². The number of anilines is 1. The van der Waals surface area contributed by atoms with E-state index in [0.29, 0.717) is 10.7 Å². The number of aromatic carboxylic acids is 1. The SMILES string of the molecule is CC(Sc1ccccc1)C(=O)Nc1cc(C(=O)O)ccc1Cl. The van der Waals surface area contributed by atoms with Crippen molar-refractivity contribution in [3.63, 3.8) is 0 Å². The lowest BCUT2D eigenvalue weighted by molar-refractivity contribution is -0.115. The third kappa shape index (κ3) is 4.26. The van der Waals surface area contributed by atoms with E-state index in [2.05, 4.69) is 5.32 Å². The fourth-order valence-corrected chi connectivity index (χ4v) is 2.80. The standard InChI is InChI=1S/C16H14ClNO3S/c1-10(22-12-5-3-2-4-6-12)15(19)18-14-9-11(16(20)21)7-8-13(14)17/h2-10H,1H3,(H,18,19)(H,20,21). The van der Waals surface area contributed by atoms with Crippen molar-refractivity contribution in [2.24, 2.45) is 0 Å². The molecule has 1 amide bonds. The lowest BCUT2D eigenvalue weighted by Crippen LogP contribution is -2.22. The zero-order valence-electron chi connectivity index (χ0n) is 11.7. The lowest BCUT2D eigenvalue weighted by Gasteiger charge is -2.13. The van der Waals surface area contributed by atoms with Crippen molar-refractivity contribution in [3.8, 4) is 0 Å². The Morgan fingerprint density at radius 3 is 2.50 bits per heavy atom. The van der Waals surface area contributed by atoms with Crippen LogP contribution in [0, 0.1) is 0 Å². The summed E-state index contributed by atoms with van der Waals surface area (Å²) in [4.78, 5) is 24.2. The molecule has 0 fully saturated rings. The molecular weight excluding hydrogens is 322 g/mol. The number of halogens is 1. The van der Waals surface area contributed by atoms with Crippen LogP contribution >= 0.6 is 23.4 Å². The summed E-state index contributed by atoms with van der Waals surface area (Å²) < 4.78 is 0. The maximum atomic E-state index is 12.2. The smallest absolute Gasteiger partial charge is 0.335 e. The number of carboxylic acid groups (broad SMARTS) is 1. The first-order valence-electron chi connectivity index (χ1n) is 6.53. The van der Waals surface area contributed by atoms with E-state index in [-0.39, 0.29) is 16.7 Å². The van der Waals surface area contributed by atoms with Gasteiger partial charge in [0.2, 0.25) is 5.91 Å². The fraction of sp³-hybridized carbons (Fsp3) is 0.125. The Morgan fingerprint density at radius 1 is 1.18 bits per heavy atom. The first-order valence-corrected chi connectivity index (χ1v) is 7.78. The van der Waals surface area contributed by atoms with Gasteiger partial charge in [-0.15, -0.1) is 11.8 Å². The molecular formula is C16H14ClNO3S. The molecule has 22 heavy (non-hydrogen) atoms. The fourth-order valence-electron chi connectivity index (χ4n) is 1.75. The van der Waals surface area contributed by atoms with Crippen LogP contribution in [0.5, 0.6) is 0 Å². The van der Waals surface area contributed by atoms with Gasteiger partial charge in [-0.25, -0.2) is 4.79 Å². The summed E-state index contributed by atoms with van der Waals surface area (Å²) in [5, 5.41) is 11.6. The first-order chi connectivity index (χ1) is 10.5. The van der Waals surface area contributed by atoms with Crippen LogP contribution < -0.4 is 5.32 Å². The average Bonchev–Trinajstić information content (AvgIpc) is 2.50. The normalized spacial score (nSPS) is 11.7. The second kappa shape index (κ2) is 7.33. The summed E-state index contributed by atoms with van der Waals surface area (Å²) in [5.74, 6) is -1.31. The predicted molar refractivity (Wildman–Crippen MR) is 88.8 cm³/mol. The largest absolute Gasteiger partial charge is 0.478 e. The van der Waals surface area contributed by atoms with Crippen molar-refractivity contribution in [1.82, 2.24) is 0 Å². The summed E-state index contributed by atoms with van der Waals surface area (Å²) in [6.07, 6.45) is 0. The molecule has 2 N–H and O–H groups in total. The summed E-state index contributed by atoms with van der Waals surface area (Å²) in [5.41, 5.74) is 0.371. The molecule has 0 radical (unpaired) electrons. The van der Waals surface area contributed by atoms with Crippen molar-refractivity contribution in [3.05, 3.63) is 59.1 Å². The summed E-state index contributed by atoms with van der Waals surface area (Å²) in [6, 6.07) is 13.8. The van der Waals surface area contributed by atoms with Gasteiger partial charge >= 0.3 is 5.97 Å². The zero-order chi connectivity index (χ0) is 16.1. The molecule has 0 aromatic heterocycles. The number of benzene rings is 2. The van der Waals surface area contributed by atoms with Gasteiger partial charge in [-0.1, -0.05) is 29.8 Å². The first kappa shape index (κ1) is 16.4. The van der Waals surface area contributed by atoms with E-state index in [9.17, 15) is 9.59 Å². The number of carbonyl (C=O) groups excluding carboxylic acids is 1. The van der Waals surface area contributed by atoms with Crippen LogP contribution in [0.3, 0.4) is 0 Å². The van der Waals surface area contributed by atoms with Gasteiger partial charge in [0.05, 0.1) is 21.5 Å². The minimum Gasteiger partial charge on any atom is -0.478 e. The lowest BCUT2D eigenvalue weighted by atomic mass is 10.2. The number of nitrogens with one attached hydrogen (secondary N) is 1. The van der Waals surface area contributed by atoms with E-state index in [1.807, 2.05) is 30.3 Å². The maximum Gasteiger partial charge on any atom is 0.335 e. The molecule has 1 atom stereocenters. The molecule has 2 aromatic rings. The maximum absolute atomic E-state index is 12.2. The number of carboxylic acids is 1. The van der Waals surface area contributed by atoms with Gasteiger partial charge in [0.25, 0.3) is 0 Å². The molecule has 4 nitrogen and oxygen atoms in total. The van der Waals surface area contributed by atoms with Crippen molar-refractivity contribution in [2.45, 2.75) is 17.1 Å². The Hall–Kier alpha value is -1.98. The highest BCUT2D eigenvalue weighted by Crippen LogP contribution is 2.27. The molecule has 2 aromatic carbocycles. The van der Waals surface area contributed by atoms with Crippen LogP contribution in [0.1, 0.15) is 17.3 Å².